The van der Waals surface area contributed by atoms with E-state index in [9.17, 15) is 9.59 Å². The summed E-state index contributed by atoms with van der Waals surface area (Å²) in [6, 6.07) is 15.6. The number of benzene rings is 2. The predicted octanol–water partition coefficient (Wildman–Crippen LogP) is 4.12. The number of anilines is 1. The number of unbranched alkanes of at least 4 members (excludes halogenated alkanes) is 1. The summed E-state index contributed by atoms with van der Waals surface area (Å²) in [5.41, 5.74) is 3.37. The molecule has 0 atom stereocenters. The highest BCUT2D eigenvalue weighted by molar-refractivity contribution is 7.13. The minimum Gasteiger partial charge on any atom is -0.482 e. The van der Waals surface area contributed by atoms with E-state index in [0.717, 1.165) is 34.7 Å². The molecule has 0 saturated heterocycles. The smallest absolute Gasteiger partial charge is 0.265 e. The zero-order valence-corrected chi connectivity index (χ0v) is 17.6. The molecule has 2 amide bonds. The number of hydrogen-bond acceptors (Lipinski definition) is 5. The Morgan fingerprint density at radius 1 is 1.20 bits per heavy atom. The van der Waals surface area contributed by atoms with Gasteiger partial charge in [-0.05, 0) is 24.6 Å². The van der Waals surface area contributed by atoms with E-state index < -0.39 is 0 Å². The molecular formula is C23H23N3O3S. The molecule has 3 aromatic rings. The van der Waals surface area contributed by atoms with Crippen LogP contribution in [-0.2, 0) is 9.59 Å². The molecule has 2 heterocycles. The van der Waals surface area contributed by atoms with Crippen LogP contribution in [0.15, 0.2) is 53.9 Å². The molecule has 4 rings (SSSR count). The van der Waals surface area contributed by atoms with Crippen molar-refractivity contribution in [3.05, 3.63) is 53.9 Å². The van der Waals surface area contributed by atoms with Crippen LogP contribution in [0.2, 0.25) is 0 Å². The van der Waals surface area contributed by atoms with Crippen molar-refractivity contribution in [2.45, 2.75) is 19.8 Å². The van der Waals surface area contributed by atoms with Crippen molar-refractivity contribution in [1.82, 2.24) is 10.3 Å². The van der Waals surface area contributed by atoms with Crippen LogP contribution in [0.5, 0.6) is 5.75 Å². The number of rotatable bonds is 7. The quantitative estimate of drug-likeness (QED) is 0.583. The van der Waals surface area contributed by atoms with Crippen molar-refractivity contribution in [2.24, 2.45) is 0 Å². The van der Waals surface area contributed by atoms with E-state index >= 15 is 0 Å². The summed E-state index contributed by atoms with van der Waals surface area (Å²) in [4.78, 5) is 31.0. The molecule has 1 aliphatic rings. The zero-order chi connectivity index (χ0) is 20.9. The van der Waals surface area contributed by atoms with Gasteiger partial charge in [0.1, 0.15) is 17.3 Å². The highest BCUT2D eigenvalue weighted by Gasteiger charge is 2.28. The topological polar surface area (TPSA) is 71.5 Å². The number of thiazole rings is 1. The Morgan fingerprint density at radius 2 is 2.03 bits per heavy atom. The fourth-order valence-corrected chi connectivity index (χ4v) is 4.09. The fourth-order valence-electron chi connectivity index (χ4n) is 3.26. The van der Waals surface area contributed by atoms with Gasteiger partial charge in [0.15, 0.2) is 6.61 Å². The van der Waals surface area contributed by atoms with Gasteiger partial charge in [0.2, 0.25) is 5.91 Å². The highest BCUT2D eigenvalue weighted by Crippen LogP contribution is 2.37. The van der Waals surface area contributed by atoms with Crippen LogP contribution in [0, 0.1) is 0 Å². The summed E-state index contributed by atoms with van der Waals surface area (Å²) < 4.78 is 5.57. The van der Waals surface area contributed by atoms with Crippen molar-refractivity contribution >= 4 is 28.8 Å². The second kappa shape index (κ2) is 9.09. The Hall–Kier alpha value is -3.19. The molecule has 0 fully saturated rings. The van der Waals surface area contributed by atoms with Crippen LogP contribution in [0.4, 0.5) is 5.69 Å². The molecule has 0 unspecified atom stereocenters. The van der Waals surface area contributed by atoms with Crippen LogP contribution >= 0.6 is 11.3 Å². The standard InChI is InChI=1S/C23H23N3O3S/c1-2-3-11-24-21(27)13-26-19-12-17(9-10-20(19)29-14-22(26)28)18-15-30-23(25-18)16-7-5-4-6-8-16/h4-10,12,15H,2-3,11,13-14H2,1H3,(H,24,27). The van der Waals surface area contributed by atoms with E-state index in [-0.39, 0.29) is 25.0 Å². The summed E-state index contributed by atoms with van der Waals surface area (Å²) in [6.07, 6.45) is 1.92. The maximum absolute atomic E-state index is 12.5. The molecule has 0 radical (unpaired) electrons. The summed E-state index contributed by atoms with van der Waals surface area (Å²) in [5.74, 6) is 0.196. The van der Waals surface area contributed by atoms with E-state index in [4.69, 9.17) is 9.72 Å². The van der Waals surface area contributed by atoms with Crippen LogP contribution in [0.1, 0.15) is 19.8 Å². The summed E-state index contributed by atoms with van der Waals surface area (Å²) in [6.45, 7) is 2.59. The molecule has 0 bridgehead atoms. The van der Waals surface area contributed by atoms with Crippen LogP contribution < -0.4 is 15.0 Å². The number of aromatic nitrogens is 1. The molecule has 1 N–H and O–H groups in total. The molecule has 154 valence electrons. The second-order valence-electron chi connectivity index (χ2n) is 7.06. The van der Waals surface area contributed by atoms with Crippen molar-refractivity contribution in [1.29, 1.82) is 0 Å². The zero-order valence-electron chi connectivity index (χ0n) is 16.8. The Labute approximate surface area is 179 Å². The van der Waals surface area contributed by atoms with Gasteiger partial charge in [-0.1, -0.05) is 43.7 Å². The first kappa shape index (κ1) is 20.1. The third kappa shape index (κ3) is 4.36. The number of ether oxygens (including phenoxy) is 1. The van der Waals surface area contributed by atoms with Gasteiger partial charge in [-0.25, -0.2) is 4.98 Å². The number of fused-ring (bicyclic) bond motifs is 1. The van der Waals surface area contributed by atoms with E-state index in [1.807, 2.05) is 53.9 Å². The molecular weight excluding hydrogens is 398 g/mol. The summed E-state index contributed by atoms with van der Waals surface area (Å²) in [7, 11) is 0. The number of nitrogens with one attached hydrogen (secondary N) is 1. The molecule has 0 spiro atoms. The molecule has 30 heavy (non-hydrogen) atoms. The minimum absolute atomic E-state index is 0.0192. The lowest BCUT2D eigenvalue weighted by Crippen LogP contribution is -2.45. The van der Waals surface area contributed by atoms with Crippen LogP contribution in [-0.4, -0.2) is 36.5 Å². The van der Waals surface area contributed by atoms with Crippen molar-refractivity contribution < 1.29 is 14.3 Å². The van der Waals surface area contributed by atoms with Gasteiger partial charge in [0.25, 0.3) is 5.91 Å². The number of nitrogens with zero attached hydrogens (tertiary/aromatic N) is 2. The van der Waals surface area contributed by atoms with Crippen molar-refractivity contribution in [3.63, 3.8) is 0 Å². The fraction of sp³-hybridized carbons (Fsp3) is 0.261. The molecule has 6 nitrogen and oxygen atoms in total. The Balaban J connectivity index is 1.58. The van der Waals surface area contributed by atoms with Gasteiger partial charge < -0.3 is 10.1 Å². The second-order valence-corrected chi connectivity index (χ2v) is 7.92. The number of carbonyl (C=O) groups is 2. The van der Waals surface area contributed by atoms with Crippen LogP contribution in [0.3, 0.4) is 0 Å². The molecule has 2 aromatic carbocycles. The molecule has 7 heteroatoms. The van der Waals surface area contributed by atoms with Gasteiger partial charge in [-0.3, -0.25) is 14.5 Å². The lowest BCUT2D eigenvalue weighted by molar-refractivity contribution is -0.125. The third-order valence-corrected chi connectivity index (χ3v) is 5.77. The molecule has 1 aliphatic heterocycles. The van der Waals surface area contributed by atoms with Gasteiger partial charge in [-0.2, -0.15) is 0 Å². The normalized spacial score (nSPS) is 13.0. The monoisotopic (exact) mass is 421 g/mol. The lowest BCUT2D eigenvalue weighted by Gasteiger charge is -2.29. The van der Waals surface area contributed by atoms with E-state index in [1.54, 1.807) is 11.3 Å². The first-order valence-electron chi connectivity index (χ1n) is 10.0. The first-order valence-corrected chi connectivity index (χ1v) is 10.9. The van der Waals surface area contributed by atoms with Crippen molar-refractivity contribution in [3.8, 4) is 27.6 Å². The largest absolute Gasteiger partial charge is 0.482 e. The Bertz CT molecular complexity index is 1050. The van der Waals surface area contributed by atoms with Crippen LogP contribution in [0.25, 0.3) is 21.8 Å². The average Bonchev–Trinajstić information content (AvgIpc) is 3.27. The van der Waals surface area contributed by atoms with E-state index in [0.29, 0.717) is 18.0 Å². The van der Waals surface area contributed by atoms with E-state index in [2.05, 4.69) is 12.2 Å². The number of hydrogen-bond donors (Lipinski definition) is 1. The van der Waals surface area contributed by atoms with E-state index in [1.165, 1.54) is 4.90 Å². The summed E-state index contributed by atoms with van der Waals surface area (Å²) >= 11 is 1.57. The number of carbonyl (C=O) groups excluding carboxylic acids is 2. The molecule has 1 aromatic heterocycles. The van der Waals surface area contributed by atoms with Crippen molar-refractivity contribution in [2.75, 3.05) is 24.6 Å². The minimum atomic E-state index is -0.228. The first-order chi connectivity index (χ1) is 14.7. The van der Waals surface area contributed by atoms with Gasteiger partial charge in [0, 0.05) is 23.1 Å². The van der Waals surface area contributed by atoms with Gasteiger partial charge in [0.05, 0.1) is 11.4 Å². The molecule has 0 saturated carbocycles. The third-order valence-electron chi connectivity index (χ3n) is 4.88. The Kier molecular flexibility index (Phi) is 6.09. The lowest BCUT2D eigenvalue weighted by atomic mass is 10.1. The predicted molar refractivity (Wildman–Crippen MR) is 119 cm³/mol. The number of amides is 2. The Morgan fingerprint density at radius 3 is 2.83 bits per heavy atom. The molecule has 0 aliphatic carbocycles. The van der Waals surface area contributed by atoms with Gasteiger partial charge >= 0.3 is 0 Å². The SMILES string of the molecule is CCCCNC(=O)CN1C(=O)COc2ccc(-c3csc(-c4ccccc4)n3)cc21. The highest BCUT2D eigenvalue weighted by atomic mass is 32.1. The maximum Gasteiger partial charge on any atom is 0.265 e. The maximum atomic E-state index is 12.5. The average molecular weight is 422 g/mol. The van der Waals surface area contributed by atoms with Gasteiger partial charge in [-0.15, -0.1) is 11.3 Å². The summed E-state index contributed by atoms with van der Waals surface area (Å²) in [5, 5.41) is 5.80.